The maximum Gasteiger partial charge on any atom is 0.252 e. The van der Waals surface area contributed by atoms with Gasteiger partial charge in [-0.3, -0.25) is 4.79 Å². The molecule has 0 saturated carbocycles. The van der Waals surface area contributed by atoms with Crippen molar-refractivity contribution in [1.82, 2.24) is 5.32 Å². The highest BCUT2D eigenvalue weighted by Gasteiger charge is 2.12. The highest BCUT2D eigenvalue weighted by molar-refractivity contribution is 6.08. The Kier molecular flexibility index (Phi) is 4.66. The van der Waals surface area contributed by atoms with Crippen LogP contribution in [0, 0.1) is 0 Å². The molecule has 0 atom stereocenters. The fourth-order valence-electron chi connectivity index (χ4n) is 2.71. The molecule has 0 aliphatic heterocycles. The zero-order valence-corrected chi connectivity index (χ0v) is 13.7. The Hall–Kier alpha value is -3.01. The molecule has 1 N–H and O–H groups in total. The summed E-state index contributed by atoms with van der Waals surface area (Å²) in [5, 5.41) is 4.76. The Labute approximate surface area is 141 Å². The Morgan fingerprint density at radius 2 is 1.71 bits per heavy atom. The van der Waals surface area contributed by atoms with Gasteiger partial charge in [0.1, 0.15) is 11.5 Å². The van der Waals surface area contributed by atoms with Gasteiger partial charge < -0.3 is 14.8 Å². The molecule has 3 rings (SSSR count). The predicted octanol–water partition coefficient (Wildman–Crippen LogP) is 3.79. The van der Waals surface area contributed by atoms with Crippen molar-refractivity contribution in [2.45, 2.75) is 6.54 Å². The summed E-state index contributed by atoms with van der Waals surface area (Å²) in [6.45, 7) is 0.441. The second-order valence-corrected chi connectivity index (χ2v) is 5.40. The lowest BCUT2D eigenvalue weighted by molar-refractivity contribution is 0.0952. The molecule has 0 aliphatic carbocycles. The monoisotopic (exact) mass is 321 g/mol. The number of amides is 1. The van der Waals surface area contributed by atoms with E-state index >= 15 is 0 Å². The molecule has 4 nitrogen and oxygen atoms in total. The number of methoxy groups -OCH3 is 2. The maximum atomic E-state index is 12.6. The van der Waals surface area contributed by atoms with Gasteiger partial charge in [0.05, 0.1) is 14.2 Å². The summed E-state index contributed by atoms with van der Waals surface area (Å²) in [5.41, 5.74) is 1.62. The Bertz CT molecular complexity index is 874. The average molecular weight is 321 g/mol. The van der Waals surface area contributed by atoms with Gasteiger partial charge in [0.15, 0.2) is 0 Å². The standard InChI is InChI=1S/C20H19NO3/c1-23-15-7-5-6-14(12-15)13-21-20(22)18-10-11-19(24-2)17-9-4-3-8-16(17)18/h3-12H,13H2,1-2H3,(H,21,22). The van der Waals surface area contributed by atoms with Crippen molar-refractivity contribution in [3.8, 4) is 11.5 Å². The van der Waals surface area contributed by atoms with E-state index in [4.69, 9.17) is 9.47 Å². The first-order chi connectivity index (χ1) is 11.7. The molecule has 3 aromatic carbocycles. The Balaban J connectivity index is 1.84. The third-order valence-electron chi connectivity index (χ3n) is 3.94. The van der Waals surface area contributed by atoms with Crippen LogP contribution in [0.5, 0.6) is 11.5 Å². The van der Waals surface area contributed by atoms with Crippen LogP contribution in [0.25, 0.3) is 10.8 Å². The molecule has 0 heterocycles. The number of hydrogen-bond acceptors (Lipinski definition) is 3. The molecule has 0 saturated heterocycles. The van der Waals surface area contributed by atoms with Gasteiger partial charge in [-0.15, -0.1) is 0 Å². The van der Waals surface area contributed by atoms with Gasteiger partial charge in [-0.1, -0.05) is 36.4 Å². The first kappa shape index (κ1) is 15.9. The van der Waals surface area contributed by atoms with Gasteiger partial charge in [-0.2, -0.15) is 0 Å². The van der Waals surface area contributed by atoms with Gasteiger partial charge in [0, 0.05) is 17.5 Å². The number of fused-ring (bicyclic) bond motifs is 1. The van der Waals surface area contributed by atoms with Crippen LogP contribution in [0.1, 0.15) is 15.9 Å². The van der Waals surface area contributed by atoms with Crippen molar-refractivity contribution >= 4 is 16.7 Å². The van der Waals surface area contributed by atoms with E-state index in [0.29, 0.717) is 12.1 Å². The van der Waals surface area contributed by atoms with Gasteiger partial charge in [0.2, 0.25) is 0 Å². The minimum atomic E-state index is -0.114. The molecule has 1 amide bonds. The number of benzene rings is 3. The van der Waals surface area contributed by atoms with Crippen molar-refractivity contribution < 1.29 is 14.3 Å². The van der Waals surface area contributed by atoms with Gasteiger partial charge >= 0.3 is 0 Å². The normalized spacial score (nSPS) is 10.4. The summed E-state index contributed by atoms with van der Waals surface area (Å²) in [4.78, 5) is 12.6. The van der Waals surface area contributed by atoms with Crippen molar-refractivity contribution in [2.75, 3.05) is 14.2 Å². The van der Waals surface area contributed by atoms with E-state index in [9.17, 15) is 4.79 Å². The quantitative estimate of drug-likeness (QED) is 0.778. The smallest absolute Gasteiger partial charge is 0.252 e. The second kappa shape index (κ2) is 7.04. The van der Waals surface area contributed by atoms with Gasteiger partial charge in [-0.25, -0.2) is 0 Å². The summed E-state index contributed by atoms with van der Waals surface area (Å²) in [6, 6.07) is 19.0. The van der Waals surface area contributed by atoms with Crippen LogP contribution in [-0.4, -0.2) is 20.1 Å². The zero-order chi connectivity index (χ0) is 16.9. The summed E-state index contributed by atoms with van der Waals surface area (Å²) in [5.74, 6) is 1.42. The van der Waals surface area contributed by atoms with Crippen LogP contribution in [0.3, 0.4) is 0 Å². The van der Waals surface area contributed by atoms with E-state index in [0.717, 1.165) is 27.8 Å². The van der Waals surface area contributed by atoms with E-state index in [2.05, 4.69) is 5.32 Å². The number of carbonyl (C=O) groups excluding carboxylic acids is 1. The van der Waals surface area contributed by atoms with Gasteiger partial charge in [-0.05, 0) is 35.2 Å². The number of ether oxygens (including phenoxy) is 2. The molecule has 4 heteroatoms. The lowest BCUT2D eigenvalue weighted by Gasteiger charge is -2.11. The number of nitrogens with one attached hydrogen (secondary N) is 1. The summed E-state index contributed by atoms with van der Waals surface area (Å²) >= 11 is 0. The van der Waals surface area contributed by atoms with Crippen LogP contribution in [-0.2, 0) is 6.54 Å². The average Bonchev–Trinajstić information content (AvgIpc) is 2.65. The van der Waals surface area contributed by atoms with Crippen LogP contribution < -0.4 is 14.8 Å². The largest absolute Gasteiger partial charge is 0.497 e. The molecule has 0 aromatic heterocycles. The SMILES string of the molecule is COc1cccc(CNC(=O)c2ccc(OC)c3ccccc23)c1. The summed E-state index contributed by atoms with van der Waals surface area (Å²) < 4.78 is 10.6. The molecule has 0 spiro atoms. The third kappa shape index (κ3) is 3.18. The first-order valence-corrected chi connectivity index (χ1v) is 7.70. The molecular weight excluding hydrogens is 302 g/mol. The molecule has 24 heavy (non-hydrogen) atoms. The van der Waals surface area contributed by atoms with E-state index < -0.39 is 0 Å². The summed E-state index contributed by atoms with van der Waals surface area (Å²) in [7, 11) is 3.26. The lowest BCUT2D eigenvalue weighted by Crippen LogP contribution is -2.23. The third-order valence-corrected chi connectivity index (χ3v) is 3.94. The number of carbonyl (C=O) groups is 1. The minimum Gasteiger partial charge on any atom is -0.497 e. The molecular formula is C20H19NO3. The van der Waals surface area contributed by atoms with Crippen LogP contribution in [0.2, 0.25) is 0 Å². The molecule has 3 aromatic rings. The Morgan fingerprint density at radius 3 is 2.46 bits per heavy atom. The molecule has 0 bridgehead atoms. The van der Waals surface area contributed by atoms with Crippen LogP contribution >= 0.6 is 0 Å². The lowest BCUT2D eigenvalue weighted by atomic mass is 10.0. The number of hydrogen-bond donors (Lipinski definition) is 1. The minimum absolute atomic E-state index is 0.114. The second-order valence-electron chi connectivity index (χ2n) is 5.40. The number of rotatable bonds is 5. The predicted molar refractivity (Wildman–Crippen MR) is 94.7 cm³/mol. The summed E-state index contributed by atoms with van der Waals surface area (Å²) in [6.07, 6.45) is 0. The van der Waals surface area contributed by atoms with E-state index in [-0.39, 0.29) is 5.91 Å². The molecule has 0 aliphatic rings. The van der Waals surface area contributed by atoms with E-state index in [1.54, 1.807) is 20.3 Å². The Morgan fingerprint density at radius 1 is 0.917 bits per heavy atom. The molecule has 122 valence electrons. The van der Waals surface area contributed by atoms with Crippen LogP contribution in [0.15, 0.2) is 60.7 Å². The molecule has 0 radical (unpaired) electrons. The highest BCUT2D eigenvalue weighted by Crippen LogP contribution is 2.28. The maximum absolute atomic E-state index is 12.6. The fraction of sp³-hybridized carbons (Fsp3) is 0.150. The molecule has 0 unspecified atom stereocenters. The van der Waals surface area contributed by atoms with Crippen molar-refractivity contribution in [2.24, 2.45) is 0 Å². The van der Waals surface area contributed by atoms with Crippen LogP contribution in [0.4, 0.5) is 0 Å². The molecule has 0 fully saturated rings. The van der Waals surface area contributed by atoms with Crippen molar-refractivity contribution in [1.29, 1.82) is 0 Å². The van der Waals surface area contributed by atoms with E-state index in [1.165, 1.54) is 0 Å². The highest BCUT2D eigenvalue weighted by atomic mass is 16.5. The van der Waals surface area contributed by atoms with Crippen molar-refractivity contribution in [3.05, 3.63) is 71.8 Å². The van der Waals surface area contributed by atoms with Crippen molar-refractivity contribution in [3.63, 3.8) is 0 Å². The fourth-order valence-corrected chi connectivity index (χ4v) is 2.71. The first-order valence-electron chi connectivity index (χ1n) is 7.70. The zero-order valence-electron chi connectivity index (χ0n) is 13.7. The van der Waals surface area contributed by atoms with Gasteiger partial charge in [0.25, 0.3) is 5.91 Å². The van der Waals surface area contributed by atoms with E-state index in [1.807, 2.05) is 54.6 Å². The topological polar surface area (TPSA) is 47.6 Å².